The zero-order valence-electron chi connectivity index (χ0n) is 30.6. The van der Waals surface area contributed by atoms with Crippen LogP contribution < -0.4 is 5.32 Å². The number of ketones is 1. The molecular weight excluding hydrogens is 630 g/mol. The summed E-state index contributed by atoms with van der Waals surface area (Å²) in [6.45, 7) is 7.30. The van der Waals surface area contributed by atoms with Crippen molar-refractivity contribution in [2.75, 3.05) is 28.4 Å². The van der Waals surface area contributed by atoms with Gasteiger partial charge in [-0.25, -0.2) is 0 Å². The van der Waals surface area contributed by atoms with Gasteiger partial charge in [0.2, 0.25) is 0 Å². The van der Waals surface area contributed by atoms with Gasteiger partial charge in [-0.05, 0) is 100.0 Å². The van der Waals surface area contributed by atoms with Crippen LogP contribution in [0.4, 0.5) is 0 Å². The largest absolute Gasteiger partial charge is 0.462 e. The molecule has 49 heavy (non-hydrogen) atoms. The molecule has 0 aromatic heterocycles. The van der Waals surface area contributed by atoms with Crippen LogP contribution in [0.25, 0.3) is 0 Å². The number of hydrogen-bond donors (Lipinski definition) is 1. The minimum Gasteiger partial charge on any atom is -0.462 e. The molecule has 0 radical (unpaired) electrons. The molecule has 0 aromatic rings. The predicted molar refractivity (Wildman–Crippen MR) is 179 cm³/mol. The van der Waals surface area contributed by atoms with Crippen molar-refractivity contribution < 1.29 is 47.5 Å². The summed E-state index contributed by atoms with van der Waals surface area (Å²) in [6, 6.07) is 0.321. The molecule has 276 valence electrons. The summed E-state index contributed by atoms with van der Waals surface area (Å²) >= 11 is 0. The number of Topliss-reactive ketones (excluding diaryl/α,β-unsaturated/α-hetero) is 1. The van der Waals surface area contributed by atoms with E-state index in [1.165, 1.54) is 6.92 Å². The summed E-state index contributed by atoms with van der Waals surface area (Å²) in [6.07, 6.45) is 5.26. The van der Waals surface area contributed by atoms with Crippen LogP contribution in [0, 0.1) is 47.3 Å². The summed E-state index contributed by atoms with van der Waals surface area (Å²) in [5.41, 5.74) is 0.730. The highest BCUT2D eigenvalue weighted by atomic mass is 16.7. The van der Waals surface area contributed by atoms with Crippen LogP contribution in [0.5, 0.6) is 0 Å². The van der Waals surface area contributed by atoms with Crippen LogP contribution in [0.3, 0.4) is 0 Å². The van der Waals surface area contributed by atoms with E-state index in [1.54, 1.807) is 21.3 Å². The second-order valence-corrected chi connectivity index (χ2v) is 15.6. The minimum atomic E-state index is -0.599. The molecule has 2 aliphatic heterocycles. The van der Waals surface area contributed by atoms with E-state index in [-0.39, 0.29) is 72.4 Å². The van der Waals surface area contributed by atoms with Crippen LogP contribution in [-0.2, 0) is 47.5 Å². The van der Waals surface area contributed by atoms with Crippen molar-refractivity contribution in [3.05, 3.63) is 11.6 Å². The predicted octanol–water partition coefficient (Wildman–Crippen LogP) is 4.25. The molecule has 1 N–H and O–H groups in total. The van der Waals surface area contributed by atoms with Crippen LogP contribution in [0.1, 0.15) is 79.1 Å². The standard InChI is InChI=1S/C38H59NO10/c1-9-21-11-10-12-30(47-20(4)40)18(2)34(42)28-15-25-23-13-22(49-38-37(45-8)36(44-7)35(43-6)19(3)46-38)14-24(23)26-16-29(39-5)33(26)32(25)27(28)17-31(41)48-21/h15,18-19,21-27,29-30,32-33,35-39H,9-14,16-17H2,1-8H3/t18-,19?,21+,22+,23-,24-,25+,26+,27-,29?,30+,32-,33-,35+,36?,37?,38+/m1/s1. The molecule has 0 amide bonds. The Bertz CT molecular complexity index is 1240. The van der Waals surface area contributed by atoms with Gasteiger partial charge in [-0.3, -0.25) is 14.4 Å². The lowest BCUT2D eigenvalue weighted by Gasteiger charge is -2.59. The monoisotopic (exact) mass is 689 g/mol. The van der Waals surface area contributed by atoms with E-state index in [9.17, 15) is 14.4 Å². The Labute approximate surface area is 291 Å². The zero-order chi connectivity index (χ0) is 35.1. The molecule has 2 heterocycles. The first-order valence-corrected chi connectivity index (χ1v) is 18.7. The maximum absolute atomic E-state index is 14.5. The average Bonchev–Trinajstić information content (AvgIpc) is 3.63. The molecule has 4 unspecified atom stereocenters. The van der Waals surface area contributed by atoms with E-state index in [0.717, 1.165) is 31.3 Å². The van der Waals surface area contributed by atoms with Crippen molar-refractivity contribution in [2.45, 2.75) is 134 Å². The van der Waals surface area contributed by atoms with E-state index in [1.807, 2.05) is 27.8 Å². The van der Waals surface area contributed by atoms with E-state index in [4.69, 9.17) is 33.2 Å². The average molecular weight is 690 g/mol. The molecule has 0 spiro atoms. The highest BCUT2D eigenvalue weighted by Gasteiger charge is 2.64. The number of methoxy groups -OCH3 is 3. The number of ether oxygens (including phenoxy) is 7. The highest BCUT2D eigenvalue weighted by Crippen LogP contribution is 2.66. The van der Waals surface area contributed by atoms with Gasteiger partial charge in [0.05, 0.1) is 24.5 Å². The second-order valence-electron chi connectivity index (χ2n) is 15.6. The maximum atomic E-state index is 14.5. The number of carbonyl (C=O) groups excluding carboxylic acids is 3. The van der Waals surface area contributed by atoms with E-state index in [0.29, 0.717) is 49.0 Å². The highest BCUT2D eigenvalue weighted by molar-refractivity contribution is 5.99. The molecule has 11 nitrogen and oxygen atoms in total. The second kappa shape index (κ2) is 15.4. The fraction of sp³-hybridized carbons (Fsp3) is 0.868. The van der Waals surface area contributed by atoms with Gasteiger partial charge in [-0.15, -0.1) is 0 Å². The van der Waals surface area contributed by atoms with Crippen molar-refractivity contribution in [2.24, 2.45) is 47.3 Å². The number of allylic oxidation sites excluding steroid dienone is 2. The molecule has 0 aromatic carbocycles. The van der Waals surface area contributed by atoms with Crippen LogP contribution in [-0.4, -0.2) is 101 Å². The van der Waals surface area contributed by atoms with Gasteiger partial charge in [0.25, 0.3) is 0 Å². The molecular formula is C38H59NO10. The lowest BCUT2D eigenvalue weighted by atomic mass is 9.47. The molecule has 6 rings (SSSR count). The lowest BCUT2D eigenvalue weighted by Crippen LogP contribution is -2.61. The maximum Gasteiger partial charge on any atom is 0.306 e. The third-order valence-electron chi connectivity index (χ3n) is 13.2. The number of esters is 2. The Balaban J connectivity index is 1.30. The smallest absolute Gasteiger partial charge is 0.306 e. The van der Waals surface area contributed by atoms with Gasteiger partial charge in [0, 0.05) is 40.2 Å². The number of hydrogen-bond acceptors (Lipinski definition) is 11. The van der Waals surface area contributed by atoms with Gasteiger partial charge in [0.1, 0.15) is 30.5 Å². The Kier molecular flexibility index (Phi) is 11.6. The van der Waals surface area contributed by atoms with Crippen molar-refractivity contribution in [3.8, 4) is 0 Å². The Morgan fingerprint density at radius 3 is 2.31 bits per heavy atom. The summed E-state index contributed by atoms with van der Waals surface area (Å²) in [5, 5.41) is 3.57. The summed E-state index contributed by atoms with van der Waals surface area (Å²) in [4.78, 5) is 40.2. The molecule has 0 bridgehead atoms. The Morgan fingerprint density at radius 1 is 0.939 bits per heavy atom. The van der Waals surface area contributed by atoms with Crippen LogP contribution in [0.15, 0.2) is 11.6 Å². The number of nitrogens with one attached hydrogen (secondary N) is 1. The van der Waals surface area contributed by atoms with Gasteiger partial charge in [0.15, 0.2) is 12.1 Å². The fourth-order valence-electron chi connectivity index (χ4n) is 11.0. The number of cyclic esters (lactones) is 1. The Hall–Kier alpha value is -1.89. The number of carbonyl (C=O) groups is 3. The van der Waals surface area contributed by atoms with Gasteiger partial charge in [-0.1, -0.05) is 19.9 Å². The normalized spacial score (nSPS) is 46.9. The minimum absolute atomic E-state index is 0.00359. The summed E-state index contributed by atoms with van der Waals surface area (Å²) in [7, 11) is 7.00. The zero-order valence-corrected chi connectivity index (χ0v) is 30.6. The van der Waals surface area contributed by atoms with Crippen LogP contribution >= 0.6 is 0 Å². The molecule has 3 saturated carbocycles. The number of rotatable bonds is 8. The third-order valence-corrected chi connectivity index (χ3v) is 13.2. The lowest BCUT2D eigenvalue weighted by molar-refractivity contribution is -0.314. The SMILES string of the molecule is CC[C@H]1CCC[C@H](OC(C)=O)[C@@H](C)C(=O)C2=C[C@H]3[C@@H]4C[C@H](O[C@@H]5OC(C)[C@H](OC)C(OC)C5OC)C[C@H]4[C@@H]4CC(NC)[C@@H]4[C@H]3[C@@H]2CC(=O)O1. The van der Waals surface area contributed by atoms with E-state index in [2.05, 4.69) is 11.4 Å². The van der Waals surface area contributed by atoms with E-state index >= 15 is 0 Å². The third kappa shape index (κ3) is 6.89. The van der Waals surface area contributed by atoms with Crippen molar-refractivity contribution in [3.63, 3.8) is 0 Å². The van der Waals surface area contributed by atoms with Crippen molar-refractivity contribution >= 4 is 17.7 Å². The Morgan fingerprint density at radius 2 is 1.65 bits per heavy atom. The quantitative estimate of drug-likeness (QED) is 0.368. The van der Waals surface area contributed by atoms with Gasteiger partial charge >= 0.3 is 11.9 Å². The van der Waals surface area contributed by atoms with Crippen LogP contribution in [0.2, 0.25) is 0 Å². The summed E-state index contributed by atoms with van der Waals surface area (Å²) in [5.74, 6) is 0.492. The molecule has 6 aliphatic rings. The molecule has 2 saturated heterocycles. The first kappa shape index (κ1) is 36.9. The molecule has 11 heteroatoms. The number of fused-ring (bicyclic) bond motifs is 8. The topological polar surface area (TPSA) is 128 Å². The first-order valence-electron chi connectivity index (χ1n) is 18.7. The fourth-order valence-corrected chi connectivity index (χ4v) is 11.0. The molecule has 4 aliphatic carbocycles. The molecule has 17 atom stereocenters. The van der Waals surface area contributed by atoms with Crippen molar-refractivity contribution in [1.29, 1.82) is 0 Å². The van der Waals surface area contributed by atoms with Crippen molar-refractivity contribution in [1.82, 2.24) is 5.32 Å². The van der Waals surface area contributed by atoms with Gasteiger partial charge in [-0.2, -0.15) is 0 Å². The van der Waals surface area contributed by atoms with Gasteiger partial charge < -0.3 is 38.5 Å². The first-order chi connectivity index (χ1) is 23.5. The van der Waals surface area contributed by atoms with E-state index < -0.39 is 24.4 Å². The summed E-state index contributed by atoms with van der Waals surface area (Å²) < 4.78 is 42.4. The molecule has 5 fully saturated rings.